The number of nitrogens with one attached hydrogen (secondary N) is 1. The molecule has 0 spiro atoms. The Morgan fingerprint density at radius 3 is 2.48 bits per heavy atom. The van der Waals surface area contributed by atoms with Crippen molar-refractivity contribution in [3.63, 3.8) is 0 Å². The number of benzene rings is 2. The van der Waals surface area contributed by atoms with Crippen LogP contribution in [0.3, 0.4) is 0 Å². The van der Waals surface area contributed by atoms with Crippen LogP contribution in [0.1, 0.15) is 17.0 Å². The zero-order valence-corrected chi connectivity index (χ0v) is 16.3. The largest absolute Gasteiger partial charge is 0.334 e. The molecule has 1 aromatic heterocycles. The van der Waals surface area contributed by atoms with Gasteiger partial charge in [0.25, 0.3) is 15.9 Å². The lowest BCUT2D eigenvalue weighted by molar-refractivity contribution is 0.425. The third-order valence-electron chi connectivity index (χ3n) is 3.62. The summed E-state index contributed by atoms with van der Waals surface area (Å²) in [5.74, 6) is 0.771. The molecule has 8 heteroatoms. The molecule has 0 aliphatic carbocycles. The molecule has 1 N–H and O–H groups in total. The SMILES string of the molecule is Cc1ccc(NS(=O)(=O)c2cc(-c3nc(C)no3)ccc2C)c(Br)c1. The van der Waals surface area contributed by atoms with Crippen molar-refractivity contribution in [2.75, 3.05) is 4.72 Å². The summed E-state index contributed by atoms with van der Waals surface area (Å²) in [6.07, 6.45) is 0. The van der Waals surface area contributed by atoms with Crippen molar-refractivity contribution in [3.8, 4) is 11.5 Å². The molecule has 0 unspecified atom stereocenters. The second-order valence-electron chi connectivity index (χ2n) is 5.72. The Hall–Kier alpha value is -2.19. The van der Waals surface area contributed by atoms with E-state index < -0.39 is 10.0 Å². The van der Waals surface area contributed by atoms with Crippen LogP contribution in [-0.4, -0.2) is 18.6 Å². The summed E-state index contributed by atoms with van der Waals surface area (Å²) in [6.45, 7) is 5.37. The molecule has 2 aromatic carbocycles. The highest BCUT2D eigenvalue weighted by atomic mass is 79.9. The fourth-order valence-electron chi connectivity index (χ4n) is 2.34. The van der Waals surface area contributed by atoms with E-state index in [0.717, 1.165) is 5.56 Å². The molecule has 6 nitrogen and oxygen atoms in total. The molecule has 0 fully saturated rings. The molecule has 0 amide bonds. The second-order valence-corrected chi connectivity index (χ2v) is 8.22. The quantitative estimate of drug-likeness (QED) is 0.681. The summed E-state index contributed by atoms with van der Waals surface area (Å²) in [6, 6.07) is 10.4. The molecule has 1 heterocycles. The third-order valence-corrected chi connectivity index (χ3v) is 5.78. The van der Waals surface area contributed by atoms with Gasteiger partial charge in [-0.1, -0.05) is 17.3 Å². The number of anilines is 1. The Morgan fingerprint density at radius 2 is 1.84 bits per heavy atom. The first kappa shape index (κ1) is 17.6. The molecule has 25 heavy (non-hydrogen) atoms. The van der Waals surface area contributed by atoms with E-state index in [1.807, 2.05) is 19.1 Å². The van der Waals surface area contributed by atoms with Crippen molar-refractivity contribution in [1.29, 1.82) is 0 Å². The van der Waals surface area contributed by atoms with Crippen molar-refractivity contribution in [2.24, 2.45) is 0 Å². The highest BCUT2D eigenvalue weighted by Crippen LogP contribution is 2.29. The van der Waals surface area contributed by atoms with Gasteiger partial charge in [-0.2, -0.15) is 4.98 Å². The zero-order chi connectivity index (χ0) is 18.2. The van der Waals surface area contributed by atoms with Crippen LogP contribution in [0.4, 0.5) is 5.69 Å². The van der Waals surface area contributed by atoms with Crippen molar-refractivity contribution >= 4 is 31.6 Å². The minimum Gasteiger partial charge on any atom is -0.334 e. The molecule has 0 saturated carbocycles. The molecule has 0 bridgehead atoms. The maximum absolute atomic E-state index is 12.8. The van der Waals surface area contributed by atoms with Gasteiger partial charge in [-0.15, -0.1) is 0 Å². The predicted octanol–water partition coefficient (Wildman–Crippen LogP) is 4.23. The van der Waals surface area contributed by atoms with Crippen LogP contribution >= 0.6 is 15.9 Å². The van der Waals surface area contributed by atoms with E-state index in [9.17, 15) is 8.42 Å². The van der Waals surface area contributed by atoms with E-state index in [-0.39, 0.29) is 10.8 Å². The maximum atomic E-state index is 12.8. The van der Waals surface area contributed by atoms with E-state index in [4.69, 9.17) is 4.52 Å². The highest BCUT2D eigenvalue weighted by Gasteiger charge is 2.20. The predicted molar refractivity (Wildman–Crippen MR) is 98.9 cm³/mol. The molecular formula is C17H16BrN3O3S. The monoisotopic (exact) mass is 421 g/mol. The van der Waals surface area contributed by atoms with Gasteiger partial charge in [0.2, 0.25) is 0 Å². The van der Waals surface area contributed by atoms with Crippen LogP contribution in [0.5, 0.6) is 0 Å². The number of rotatable bonds is 4. The van der Waals surface area contributed by atoms with Gasteiger partial charge in [-0.25, -0.2) is 8.42 Å². The Bertz CT molecular complexity index is 1050. The van der Waals surface area contributed by atoms with Gasteiger partial charge >= 0.3 is 0 Å². The molecule has 130 valence electrons. The summed E-state index contributed by atoms with van der Waals surface area (Å²) < 4.78 is 34.1. The number of hydrogen-bond acceptors (Lipinski definition) is 5. The fourth-order valence-corrected chi connectivity index (χ4v) is 4.41. The first-order chi connectivity index (χ1) is 11.8. The van der Waals surface area contributed by atoms with Crippen LogP contribution in [-0.2, 0) is 10.0 Å². The molecular weight excluding hydrogens is 406 g/mol. The number of hydrogen-bond donors (Lipinski definition) is 1. The lowest BCUT2D eigenvalue weighted by atomic mass is 10.1. The van der Waals surface area contributed by atoms with Gasteiger partial charge in [0, 0.05) is 10.0 Å². The lowest BCUT2D eigenvalue weighted by Crippen LogP contribution is -2.14. The topological polar surface area (TPSA) is 85.1 Å². The fraction of sp³-hybridized carbons (Fsp3) is 0.176. The Morgan fingerprint density at radius 1 is 1.08 bits per heavy atom. The lowest BCUT2D eigenvalue weighted by Gasteiger charge is -2.13. The molecule has 0 saturated heterocycles. The van der Waals surface area contributed by atoms with E-state index >= 15 is 0 Å². The number of sulfonamides is 1. The van der Waals surface area contributed by atoms with Gasteiger partial charge in [0.15, 0.2) is 5.82 Å². The van der Waals surface area contributed by atoms with Gasteiger partial charge in [0.05, 0.1) is 10.6 Å². The smallest absolute Gasteiger partial charge is 0.262 e. The van der Waals surface area contributed by atoms with E-state index in [1.165, 1.54) is 6.07 Å². The Labute approximate surface area is 154 Å². The summed E-state index contributed by atoms with van der Waals surface area (Å²) in [5.41, 5.74) is 2.68. The summed E-state index contributed by atoms with van der Waals surface area (Å²) >= 11 is 3.38. The van der Waals surface area contributed by atoms with Crippen LogP contribution in [0, 0.1) is 20.8 Å². The Balaban J connectivity index is 2.01. The zero-order valence-electron chi connectivity index (χ0n) is 13.9. The van der Waals surface area contributed by atoms with Crippen LogP contribution < -0.4 is 4.72 Å². The molecule has 0 aliphatic heterocycles. The van der Waals surface area contributed by atoms with E-state index in [0.29, 0.717) is 27.1 Å². The summed E-state index contributed by atoms with van der Waals surface area (Å²) in [7, 11) is -3.77. The molecule has 3 aromatic rings. The molecule has 0 atom stereocenters. The Kier molecular flexibility index (Phi) is 4.66. The molecule has 0 aliphatic rings. The minimum atomic E-state index is -3.77. The van der Waals surface area contributed by atoms with E-state index in [2.05, 4.69) is 30.8 Å². The normalized spacial score (nSPS) is 11.5. The summed E-state index contributed by atoms with van der Waals surface area (Å²) in [5, 5.41) is 3.74. The van der Waals surface area contributed by atoms with Gasteiger partial charge < -0.3 is 4.52 Å². The summed E-state index contributed by atoms with van der Waals surface area (Å²) in [4.78, 5) is 4.30. The number of aromatic nitrogens is 2. The highest BCUT2D eigenvalue weighted by molar-refractivity contribution is 9.10. The van der Waals surface area contributed by atoms with Crippen molar-refractivity contribution < 1.29 is 12.9 Å². The first-order valence-corrected chi connectivity index (χ1v) is 9.74. The van der Waals surface area contributed by atoms with Crippen LogP contribution in [0.25, 0.3) is 11.5 Å². The van der Waals surface area contributed by atoms with Crippen LogP contribution in [0.15, 0.2) is 50.3 Å². The number of nitrogens with zero attached hydrogens (tertiary/aromatic N) is 2. The van der Waals surface area contributed by atoms with Gasteiger partial charge in [-0.3, -0.25) is 4.72 Å². The number of halogens is 1. The van der Waals surface area contributed by atoms with E-state index in [1.54, 1.807) is 32.0 Å². The average molecular weight is 422 g/mol. The van der Waals surface area contributed by atoms with Crippen LogP contribution in [0.2, 0.25) is 0 Å². The molecule has 0 radical (unpaired) electrons. The van der Waals surface area contributed by atoms with Crippen molar-refractivity contribution in [1.82, 2.24) is 10.1 Å². The minimum absolute atomic E-state index is 0.160. The first-order valence-electron chi connectivity index (χ1n) is 7.46. The van der Waals surface area contributed by atoms with Crippen molar-refractivity contribution in [2.45, 2.75) is 25.7 Å². The van der Waals surface area contributed by atoms with Gasteiger partial charge in [0.1, 0.15) is 0 Å². The standard InChI is InChI=1S/C17H16BrN3O3S/c1-10-4-7-15(14(18)8-10)21-25(22,23)16-9-13(6-5-11(16)2)17-19-12(3)20-24-17/h4-9,21H,1-3H3. The van der Waals surface area contributed by atoms with Crippen molar-refractivity contribution in [3.05, 3.63) is 57.8 Å². The molecule has 3 rings (SSSR count). The number of aryl methyl sites for hydroxylation is 3. The second kappa shape index (κ2) is 6.61. The average Bonchev–Trinajstić information content (AvgIpc) is 2.97. The van der Waals surface area contributed by atoms with Gasteiger partial charge in [-0.05, 0) is 72.1 Å². The third kappa shape index (κ3) is 3.74. The maximum Gasteiger partial charge on any atom is 0.262 e.